The van der Waals surface area contributed by atoms with E-state index in [1.54, 1.807) is 48.6 Å². The zero-order valence-corrected chi connectivity index (χ0v) is 13.6. The number of benzene rings is 2. The Labute approximate surface area is 140 Å². The molecule has 0 aliphatic carbocycles. The summed E-state index contributed by atoms with van der Waals surface area (Å²) in [4.78, 5) is 11.9. The smallest absolute Gasteiger partial charge is 0.228 e. The van der Waals surface area contributed by atoms with E-state index in [2.05, 4.69) is 5.32 Å². The zero-order chi connectivity index (χ0) is 17.6. The molecule has 7 heteroatoms. The summed E-state index contributed by atoms with van der Waals surface area (Å²) in [6, 6.07) is 12.5. The van der Waals surface area contributed by atoms with Crippen LogP contribution in [0.15, 0.2) is 54.6 Å². The van der Waals surface area contributed by atoms with Gasteiger partial charge in [-0.05, 0) is 35.4 Å². The predicted octanol–water partition coefficient (Wildman–Crippen LogP) is 2.66. The van der Waals surface area contributed by atoms with Crippen LogP contribution < -0.4 is 10.5 Å². The molecule has 0 heterocycles. The van der Waals surface area contributed by atoms with Crippen molar-refractivity contribution in [1.82, 2.24) is 0 Å². The largest absolute Gasteiger partial charge is 0.326 e. The molecule has 24 heavy (non-hydrogen) atoms. The monoisotopic (exact) mass is 348 g/mol. The van der Waals surface area contributed by atoms with E-state index in [4.69, 9.17) is 5.14 Å². The summed E-state index contributed by atoms with van der Waals surface area (Å²) in [5.74, 6) is -0.903. The van der Waals surface area contributed by atoms with E-state index in [-0.39, 0.29) is 23.9 Å². The number of anilines is 1. The number of carbonyl (C=O) groups is 1. The predicted molar refractivity (Wildman–Crippen MR) is 91.9 cm³/mol. The highest BCUT2D eigenvalue weighted by Crippen LogP contribution is 2.13. The molecule has 0 atom stereocenters. The Balaban J connectivity index is 1.94. The van der Waals surface area contributed by atoms with Crippen LogP contribution in [-0.4, -0.2) is 14.3 Å². The lowest BCUT2D eigenvalue weighted by Gasteiger charge is -2.06. The summed E-state index contributed by atoms with van der Waals surface area (Å²) >= 11 is 0. The minimum Gasteiger partial charge on any atom is -0.326 e. The van der Waals surface area contributed by atoms with Crippen LogP contribution in [0.4, 0.5) is 10.1 Å². The molecule has 0 aliphatic rings. The van der Waals surface area contributed by atoms with E-state index in [0.29, 0.717) is 16.8 Å². The molecular formula is C17H17FN2O3S. The Hall–Kier alpha value is -2.51. The fourth-order valence-electron chi connectivity index (χ4n) is 2.10. The van der Waals surface area contributed by atoms with Gasteiger partial charge < -0.3 is 5.32 Å². The number of halogens is 1. The third kappa shape index (κ3) is 6.31. The van der Waals surface area contributed by atoms with Crippen LogP contribution in [-0.2, 0) is 20.6 Å². The molecule has 5 nitrogen and oxygen atoms in total. The Morgan fingerprint density at radius 1 is 1.17 bits per heavy atom. The van der Waals surface area contributed by atoms with Gasteiger partial charge in [0.1, 0.15) is 5.82 Å². The van der Waals surface area contributed by atoms with Gasteiger partial charge in [0.05, 0.1) is 5.75 Å². The van der Waals surface area contributed by atoms with E-state index in [0.717, 1.165) is 0 Å². The summed E-state index contributed by atoms with van der Waals surface area (Å²) in [7, 11) is -3.63. The van der Waals surface area contributed by atoms with Gasteiger partial charge in [-0.25, -0.2) is 17.9 Å². The van der Waals surface area contributed by atoms with E-state index in [1.807, 2.05) is 0 Å². The molecular weight excluding hydrogens is 331 g/mol. The summed E-state index contributed by atoms with van der Waals surface area (Å²) in [5.41, 5.74) is 1.64. The van der Waals surface area contributed by atoms with E-state index < -0.39 is 10.0 Å². The molecule has 0 radical (unpaired) electrons. The third-order valence-corrected chi connectivity index (χ3v) is 3.78. The van der Waals surface area contributed by atoms with Gasteiger partial charge in [0.15, 0.2) is 0 Å². The second-order valence-electron chi connectivity index (χ2n) is 5.22. The minimum absolute atomic E-state index is 0.107. The van der Waals surface area contributed by atoms with E-state index in [9.17, 15) is 17.6 Å². The Morgan fingerprint density at radius 3 is 2.62 bits per heavy atom. The average Bonchev–Trinajstić information content (AvgIpc) is 2.45. The molecule has 0 bridgehead atoms. The fraction of sp³-hybridized carbons (Fsp3) is 0.118. The highest BCUT2D eigenvalue weighted by molar-refractivity contribution is 7.88. The molecule has 0 saturated heterocycles. The van der Waals surface area contributed by atoms with E-state index >= 15 is 0 Å². The number of primary sulfonamides is 1. The van der Waals surface area contributed by atoms with Crippen LogP contribution >= 0.6 is 0 Å². The van der Waals surface area contributed by atoms with Crippen molar-refractivity contribution in [3.8, 4) is 0 Å². The lowest BCUT2D eigenvalue weighted by atomic mass is 10.2. The van der Waals surface area contributed by atoms with Crippen molar-refractivity contribution in [1.29, 1.82) is 0 Å². The molecule has 0 saturated carbocycles. The van der Waals surface area contributed by atoms with Gasteiger partial charge in [-0.3, -0.25) is 4.79 Å². The first-order chi connectivity index (χ1) is 11.3. The first-order valence-corrected chi connectivity index (χ1v) is 8.85. The average molecular weight is 348 g/mol. The Morgan fingerprint density at radius 2 is 1.92 bits per heavy atom. The quantitative estimate of drug-likeness (QED) is 0.841. The number of rotatable bonds is 6. The van der Waals surface area contributed by atoms with Gasteiger partial charge in [0.2, 0.25) is 15.9 Å². The molecule has 2 aromatic carbocycles. The van der Waals surface area contributed by atoms with Crippen molar-refractivity contribution in [2.75, 3.05) is 5.32 Å². The van der Waals surface area contributed by atoms with Crippen LogP contribution in [0.2, 0.25) is 0 Å². The fourth-order valence-corrected chi connectivity index (χ4v) is 2.74. The van der Waals surface area contributed by atoms with Crippen LogP contribution in [0.3, 0.4) is 0 Å². The Kier molecular flexibility index (Phi) is 5.83. The van der Waals surface area contributed by atoms with Gasteiger partial charge in [-0.15, -0.1) is 0 Å². The first-order valence-electron chi connectivity index (χ1n) is 7.13. The molecule has 2 aromatic rings. The second kappa shape index (κ2) is 7.85. The normalized spacial score (nSPS) is 11.6. The minimum atomic E-state index is -3.63. The van der Waals surface area contributed by atoms with Gasteiger partial charge in [0.25, 0.3) is 0 Å². The zero-order valence-electron chi connectivity index (χ0n) is 12.8. The molecule has 126 valence electrons. The third-order valence-electron chi connectivity index (χ3n) is 3.04. The van der Waals surface area contributed by atoms with E-state index in [1.165, 1.54) is 12.1 Å². The summed E-state index contributed by atoms with van der Waals surface area (Å²) in [6.07, 6.45) is 3.38. The SMILES string of the molecule is NS(=O)(=O)Cc1cccc(NC(=O)CC=Cc2cccc(F)c2)c1. The van der Waals surface area contributed by atoms with Crippen LogP contribution in [0.5, 0.6) is 0 Å². The molecule has 0 fully saturated rings. The molecule has 1 amide bonds. The summed E-state index contributed by atoms with van der Waals surface area (Å²) in [5, 5.41) is 7.67. The highest BCUT2D eigenvalue weighted by atomic mass is 32.2. The number of sulfonamides is 1. The second-order valence-corrected chi connectivity index (χ2v) is 6.83. The van der Waals surface area contributed by atoms with Crippen molar-refractivity contribution >= 4 is 27.7 Å². The lowest BCUT2D eigenvalue weighted by Crippen LogP contribution is -2.15. The van der Waals surface area contributed by atoms with Gasteiger partial charge in [-0.2, -0.15) is 0 Å². The maximum Gasteiger partial charge on any atom is 0.228 e. The molecule has 2 rings (SSSR count). The molecule has 0 aliphatic heterocycles. The molecule has 0 unspecified atom stereocenters. The van der Waals surface area contributed by atoms with Crippen molar-refractivity contribution < 1.29 is 17.6 Å². The number of carbonyl (C=O) groups excluding carboxylic acids is 1. The topological polar surface area (TPSA) is 89.3 Å². The van der Waals surface area contributed by atoms with Gasteiger partial charge in [-0.1, -0.05) is 36.4 Å². The van der Waals surface area contributed by atoms with Crippen LogP contribution in [0.25, 0.3) is 6.08 Å². The lowest BCUT2D eigenvalue weighted by molar-refractivity contribution is -0.115. The molecule has 3 N–H and O–H groups in total. The van der Waals surface area contributed by atoms with Gasteiger partial charge in [0, 0.05) is 12.1 Å². The number of nitrogens with two attached hydrogens (primary N) is 1. The molecule has 0 aromatic heterocycles. The first kappa shape index (κ1) is 17.8. The molecule has 0 spiro atoms. The summed E-state index contributed by atoms with van der Waals surface area (Å²) in [6.45, 7) is 0. The maximum atomic E-state index is 13.0. The van der Waals surface area contributed by atoms with Crippen molar-refractivity contribution in [2.45, 2.75) is 12.2 Å². The standard InChI is InChI=1S/C17H17FN2O3S/c18-15-7-1-4-13(10-15)5-3-9-17(21)20-16-8-2-6-14(11-16)12-24(19,22)23/h1-8,10-11H,9,12H2,(H,20,21)(H2,19,22,23). The maximum absolute atomic E-state index is 13.0. The van der Waals surface area contributed by atoms with Crippen molar-refractivity contribution in [2.24, 2.45) is 5.14 Å². The number of hydrogen-bond acceptors (Lipinski definition) is 3. The van der Waals surface area contributed by atoms with Crippen molar-refractivity contribution in [3.63, 3.8) is 0 Å². The number of hydrogen-bond donors (Lipinski definition) is 2. The summed E-state index contributed by atoms with van der Waals surface area (Å²) < 4.78 is 35.2. The van der Waals surface area contributed by atoms with Crippen molar-refractivity contribution in [3.05, 3.63) is 71.6 Å². The number of amides is 1. The number of nitrogens with one attached hydrogen (secondary N) is 1. The van der Waals surface area contributed by atoms with Crippen LogP contribution in [0.1, 0.15) is 17.5 Å². The highest BCUT2D eigenvalue weighted by Gasteiger charge is 2.06. The Bertz CT molecular complexity index is 864. The van der Waals surface area contributed by atoms with Gasteiger partial charge >= 0.3 is 0 Å². The van der Waals surface area contributed by atoms with Crippen LogP contribution in [0, 0.1) is 5.82 Å².